The second kappa shape index (κ2) is 63.6. The van der Waals surface area contributed by atoms with Crippen molar-refractivity contribution >= 4 is 11.9 Å². The van der Waals surface area contributed by atoms with Crippen molar-refractivity contribution in [2.45, 2.75) is 284 Å². The molecule has 1 unspecified atom stereocenters. The third kappa shape index (κ3) is 60.9. The van der Waals surface area contributed by atoms with Crippen LogP contribution in [0.15, 0.2) is 122 Å². The molecule has 0 amide bonds. The van der Waals surface area contributed by atoms with Crippen LogP contribution in [-0.4, -0.2) is 37.9 Å². The molecule has 0 N–H and O–H groups in total. The zero-order valence-corrected chi connectivity index (χ0v) is 48.6. The van der Waals surface area contributed by atoms with Crippen LogP contribution in [0.4, 0.5) is 0 Å². The summed E-state index contributed by atoms with van der Waals surface area (Å²) in [6, 6.07) is 0. The van der Waals surface area contributed by atoms with E-state index in [1.165, 1.54) is 122 Å². The fraction of sp³-hybridized carbons (Fsp3) is 0.681. The lowest BCUT2D eigenvalue weighted by atomic mass is 10.1. The third-order valence-electron chi connectivity index (χ3n) is 13.0. The lowest BCUT2D eigenvalue weighted by molar-refractivity contribution is -0.163. The highest BCUT2D eigenvalue weighted by Crippen LogP contribution is 2.15. The summed E-state index contributed by atoms with van der Waals surface area (Å²) in [7, 11) is 0. The Morgan fingerprint density at radius 1 is 0.311 bits per heavy atom. The summed E-state index contributed by atoms with van der Waals surface area (Å²) in [5.74, 6) is -0.450. The van der Waals surface area contributed by atoms with Gasteiger partial charge < -0.3 is 14.2 Å². The molecule has 0 aliphatic rings. The highest BCUT2D eigenvalue weighted by Gasteiger charge is 2.17. The van der Waals surface area contributed by atoms with Gasteiger partial charge in [-0.1, -0.05) is 258 Å². The molecular formula is C69H116O5. The van der Waals surface area contributed by atoms with Crippen LogP contribution in [0.5, 0.6) is 0 Å². The standard InChI is InChI=1S/C69H116O5/c1-4-7-10-13-16-19-22-25-28-31-34-37-40-43-46-49-52-55-58-61-64-72-65-67(74-69(71)63-60-57-54-51-48-45-42-39-36-33-30-27-24-21-18-15-12-9-6-3)66-73-68(70)62-59-56-53-50-47-44-41-38-35-32-29-26-23-20-17-14-11-8-5-2/h8-9,11-12,17-18,20-21,25-30,35-36,38-39,44,47,67H,4-7,10,13-16,19,22-24,31-34,37,40-43,45-46,48-66H2,1-3H3/b11-8-,12-9-,20-17-,21-18-,28-25-,29-26-,30-27-,38-35-,39-36-,47-44-. The van der Waals surface area contributed by atoms with Crippen LogP contribution in [0.2, 0.25) is 0 Å². The Morgan fingerprint density at radius 3 is 1.00 bits per heavy atom. The van der Waals surface area contributed by atoms with Crippen molar-refractivity contribution in [1.29, 1.82) is 0 Å². The minimum atomic E-state index is -0.568. The van der Waals surface area contributed by atoms with E-state index in [0.717, 1.165) is 122 Å². The predicted molar refractivity (Wildman–Crippen MR) is 325 cm³/mol. The van der Waals surface area contributed by atoms with Gasteiger partial charge in [0.15, 0.2) is 6.10 Å². The number of hydrogen-bond donors (Lipinski definition) is 0. The molecule has 5 nitrogen and oxygen atoms in total. The maximum absolute atomic E-state index is 12.9. The maximum atomic E-state index is 12.9. The summed E-state index contributed by atoms with van der Waals surface area (Å²) in [5.41, 5.74) is 0. The average molecular weight is 1030 g/mol. The number of allylic oxidation sites excluding steroid dienone is 20. The molecule has 0 fully saturated rings. The predicted octanol–water partition coefficient (Wildman–Crippen LogP) is 21.7. The van der Waals surface area contributed by atoms with Gasteiger partial charge >= 0.3 is 11.9 Å². The van der Waals surface area contributed by atoms with Crippen LogP contribution in [0.3, 0.4) is 0 Å². The first-order valence-electron chi connectivity index (χ1n) is 31.1. The van der Waals surface area contributed by atoms with E-state index in [2.05, 4.69) is 142 Å². The van der Waals surface area contributed by atoms with E-state index < -0.39 is 6.10 Å². The van der Waals surface area contributed by atoms with E-state index in [4.69, 9.17) is 14.2 Å². The Kier molecular flexibility index (Phi) is 60.4. The number of rotatable bonds is 56. The molecule has 1 atom stereocenters. The van der Waals surface area contributed by atoms with Crippen molar-refractivity contribution in [3.63, 3.8) is 0 Å². The average Bonchev–Trinajstić information content (AvgIpc) is 3.40. The topological polar surface area (TPSA) is 61.8 Å². The van der Waals surface area contributed by atoms with Gasteiger partial charge in [-0.25, -0.2) is 0 Å². The number of carbonyl (C=O) groups is 2. The zero-order valence-electron chi connectivity index (χ0n) is 48.6. The van der Waals surface area contributed by atoms with Gasteiger partial charge in [0.1, 0.15) is 6.61 Å². The highest BCUT2D eigenvalue weighted by atomic mass is 16.6. The molecule has 0 radical (unpaired) electrons. The van der Waals surface area contributed by atoms with Crippen molar-refractivity contribution in [2.75, 3.05) is 19.8 Å². The van der Waals surface area contributed by atoms with Crippen LogP contribution in [0, 0.1) is 0 Å². The molecule has 0 saturated carbocycles. The number of esters is 2. The largest absolute Gasteiger partial charge is 0.462 e. The van der Waals surface area contributed by atoms with Crippen molar-refractivity contribution in [3.8, 4) is 0 Å². The van der Waals surface area contributed by atoms with Crippen molar-refractivity contribution in [3.05, 3.63) is 122 Å². The van der Waals surface area contributed by atoms with Crippen LogP contribution in [-0.2, 0) is 23.8 Å². The normalized spacial score (nSPS) is 13.1. The number of hydrogen-bond acceptors (Lipinski definition) is 5. The Bertz CT molecular complexity index is 1490. The number of carbonyl (C=O) groups excluding carboxylic acids is 2. The fourth-order valence-electron chi connectivity index (χ4n) is 8.41. The van der Waals surface area contributed by atoms with Gasteiger partial charge in [-0.15, -0.1) is 0 Å². The number of ether oxygens (including phenoxy) is 3. The summed E-state index contributed by atoms with van der Waals surface area (Å²) in [4.78, 5) is 25.6. The van der Waals surface area contributed by atoms with E-state index in [0.29, 0.717) is 19.4 Å². The summed E-state index contributed by atoms with van der Waals surface area (Å²) in [5, 5.41) is 0. The SMILES string of the molecule is CC/C=C\C/C=C\C/C=C\C/C=C\C/C=C\CCCCCC(=O)OCC(COCCCCCCCCCCCC/C=C\CCCCCCCC)OC(=O)CCCCCCCC/C=C\C/C=C\C/C=C\C/C=C\CC. The van der Waals surface area contributed by atoms with Crippen LogP contribution < -0.4 is 0 Å². The number of unbranched alkanes of at least 4 members (excludes halogenated alkanes) is 25. The molecule has 0 aromatic rings. The first kappa shape index (κ1) is 70.3. The van der Waals surface area contributed by atoms with E-state index in [1.807, 2.05) is 0 Å². The maximum Gasteiger partial charge on any atom is 0.306 e. The van der Waals surface area contributed by atoms with Crippen LogP contribution in [0.1, 0.15) is 278 Å². The summed E-state index contributed by atoms with van der Waals surface area (Å²) >= 11 is 0. The fourth-order valence-corrected chi connectivity index (χ4v) is 8.41. The Balaban J connectivity index is 4.39. The van der Waals surface area contributed by atoms with E-state index in [9.17, 15) is 9.59 Å². The minimum Gasteiger partial charge on any atom is -0.462 e. The van der Waals surface area contributed by atoms with Crippen LogP contribution >= 0.6 is 0 Å². The zero-order chi connectivity index (χ0) is 53.4. The summed E-state index contributed by atoms with van der Waals surface area (Å²) in [6.45, 7) is 7.56. The molecule has 0 aromatic carbocycles. The molecule has 0 aliphatic carbocycles. The summed E-state index contributed by atoms with van der Waals surface area (Å²) < 4.78 is 17.5. The van der Waals surface area contributed by atoms with Crippen molar-refractivity contribution < 1.29 is 23.8 Å². The lowest BCUT2D eigenvalue weighted by Gasteiger charge is -2.18. The van der Waals surface area contributed by atoms with Crippen molar-refractivity contribution in [2.24, 2.45) is 0 Å². The van der Waals surface area contributed by atoms with Gasteiger partial charge in [-0.3, -0.25) is 9.59 Å². The smallest absolute Gasteiger partial charge is 0.306 e. The quantitative estimate of drug-likeness (QED) is 0.0345. The van der Waals surface area contributed by atoms with Gasteiger partial charge in [0.2, 0.25) is 0 Å². The van der Waals surface area contributed by atoms with Gasteiger partial charge in [0.05, 0.1) is 6.61 Å². The van der Waals surface area contributed by atoms with Crippen LogP contribution in [0.25, 0.3) is 0 Å². The second-order valence-electron chi connectivity index (χ2n) is 20.2. The molecule has 422 valence electrons. The van der Waals surface area contributed by atoms with Gasteiger partial charge in [0.25, 0.3) is 0 Å². The monoisotopic (exact) mass is 1020 g/mol. The Hall–Kier alpha value is -3.70. The molecule has 0 aromatic heterocycles. The minimum absolute atomic E-state index is 0.0554. The first-order chi connectivity index (χ1) is 36.6. The lowest BCUT2D eigenvalue weighted by Crippen LogP contribution is -2.30. The molecule has 0 aliphatic heterocycles. The second-order valence-corrected chi connectivity index (χ2v) is 20.2. The van der Waals surface area contributed by atoms with E-state index in [1.54, 1.807) is 0 Å². The molecule has 0 heterocycles. The molecule has 0 rings (SSSR count). The molecule has 5 heteroatoms. The molecule has 0 spiro atoms. The molecule has 0 bridgehead atoms. The third-order valence-corrected chi connectivity index (χ3v) is 13.0. The molecule has 0 saturated heterocycles. The van der Waals surface area contributed by atoms with E-state index >= 15 is 0 Å². The van der Waals surface area contributed by atoms with Gasteiger partial charge in [-0.2, -0.15) is 0 Å². The van der Waals surface area contributed by atoms with Crippen molar-refractivity contribution in [1.82, 2.24) is 0 Å². The van der Waals surface area contributed by atoms with E-state index in [-0.39, 0.29) is 25.2 Å². The Labute approximate surface area is 458 Å². The van der Waals surface area contributed by atoms with Gasteiger partial charge in [-0.05, 0) is 128 Å². The highest BCUT2D eigenvalue weighted by molar-refractivity contribution is 5.70. The first-order valence-corrected chi connectivity index (χ1v) is 31.1. The molecular weight excluding hydrogens is 909 g/mol. The summed E-state index contributed by atoms with van der Waals surface area (Å²) in [6.07, 6.45) is 89.4. The van der Waals surface area contributed by atoms with Gasteiger partial charge in [0, 0.05) is 19.4 Å². The molecule has 74 heavy (non-hydrogen) atoms. The Morgan fingerprint density at radius 2 is 0.608 bits per heavy atom.